The standard InChI is InChI=1S/C16H23N3O2/c1-18-10-8-14(9-11-18)19(2)15(20)12-17-16(21)13-6-4-3-5-7-13/h3-7,14H,8-12H2,1-2H3,(H,17,21). The first kappa shape index (κ1) is 15.5. The van der Waals surface area contributed by atoms with Crippen molar-refractivity contribution < 1.29 is 9.59 Å². The maximum atomic E-state index is 12.2. The normalized spacial score (nSPS) is 16.5. The van der Waals surface area contributed by atoms with E-state index in [2.05, 4.69) is 17.3 Å². The number of nitrogens with one attached hydrogen (secondary N) is 1. The third-order valence-electron chi connectivity index (χ3n) is 4.07. The molecule has 0 aliphatic carbocycles. The summed E-state index contributed by atoms with van der Waals surface area (Å²) in [5.74, 6) is -0.241. The first-order valence-electron chi connectivity index (χ1n) is 7.35. The Morgan fingerprint density at radius 3 is 2.48 bits per heavy atom. The lowest BCUT2D eigenvalue weighted by molar-refractivity contribution is -0.131. The summed E-state index contributed by atoms with van der Waals surface area (Å²) in [6, 6.07) is 9.22. The van der Waals surface area contributed by atoms with Crippen LogP contribution in [0.15, 0.2) is 30.3 Å². The summed E-state index contributed by atoms with van der Waals surface area (Å²) in [6.45, 7) is 2.08. The molecule has 114 valence electrons. The van der Waals surface area contributed by atoms with Gasteiger partial charge in [0.2, 0.25) is 5.91 Å². The Bertz CT molecular complexity index is 482. The smallest absolute Gasteiger partial charge is 0.251 e. The van der Waals surface area contributed by atoms with Crippen LogP contribution in [-0.2, 0) is 4.79 Å². The van der Waals surface area contributed by atoms with Crippen LogP contribution in [0.5, 0.6) is 0 Å². The molecule has 1 N–H and O–H groups in total. The van der Waals surface area contributed by atoms with Crippen molar-refractivity contribution in [1.82, 2.24) is 15.1 Å². The van der Waals surface area contributed by atoms with Crippen molar-refractivity contribution in [1.29, 1.82) is 0 Å². The minimum absolute atomic E-state index is 0.0335. The SMILES string of the molecule is CN1CCC(N(C)C(=O)CNC(=O)c2ccccc2)CC1. The van der Waals surface area contributed by atoms with Crippen LogP contribution in [0.25, 0.3) is 0 Å². The number of nitrogens with zero attached hydrogens (tertiary/aromatic N) is 2. The second-order valence-electron chi connectivity index (χ2n) is 5.59. The first-order chi connectivity index (χ1) is 10.1. The average Bonchev–Trinajstić information content (AvgIpc) is 2.53. The molecule has 1 aromatic carbocycles. The van der Waals surface area contributed by atoms with Gasteiger partial charge in [0.15, 0.2) is 0 Å². The molecule has 2 rings (SSSR count). The molecule has 1 saturated heterocycles. The number of likely N-dealkylation sites (tertiary alicyclic amines) is 1. The van der Waals surface area contributed by atoms with Gasteiger partial charge in [-0.1, -0.05) is 18.2 Å². The highest BCUT2D eigenvalue weighted by molar-refractivity contribution is 5.96. The molecule has 2 amide bonds. The fourth-order valence-electron chi connectivity index (χ4n) is 2.56. The van der Waals surface area contributed by atoms with Crippen LogP contribution in [0.4, 0.5) is 0 Å². The maximum Gasteiger partial charge on any atom is 0.251 e. The van der Waals surface area contributed by atoms with Crippen LogP contribution in [0.2, 0.25) is 0 Å². The second kappa shape index (κ2) is 7.22. The lowest BCUT2D eigenvalue weighted by atomic mass is 10.0. The van der Waals surface area contributed by atoms with E-state index in [1.54, 1.807) is 29.2 Å². The quantitative estimate of drug-likeness (QED) is 0.898. The van der Waals surface area contributed by atoms with E-state index in [0.717, 1.165) is 25.9 Å². The molecule has 1 aliphatic heterocycles. The highest BCUT2D eigenvalue weighted by atomic mass is 16.2. The van der Waals surface area contributed by atoms with E-state index in [9.17, 15) is 9.59 Å². The van der Waals surface area contributed by atoms with Crippen molar-refractivity contribution in [2.45, 2.75) is 18.9 Å². The number of hydrogen-bond donors (Lipinski definition) is 1. The van der Waals surface area contributed by atoms with E-state index in [1.165, 1.54) is 0 Å². The number of carbonyl (C=O) groups excluding carboxylic acids is 2. The van der Waals surface area contributed by atoms with Crippen LogP contribution in [0.1, 0.15) is 23.2 Å². The van der Waals surface area contributed by atoms with Crippen LogP contribution in [0.3, 0.4) is 0 Å². The van der Waals surface area contributed by atoms with Crippen molar-refractivity contribution in [3.8, 4) is 0 Å². The van der Waals surface area contributed by atoms with Gasteiger partial charge < -0.3 is 15.1 Å². The topological polar surface area (TPSA) is 52.6 Å². The lowest BCUT2D eigenvalue weighted by Crippen LogP contribution is -2.47. The van der Waals surface area contributed by atoms with Crippen LogP contribution >= 0.6 is 0 Å². The molecular formula is C16H23N3O2. The van der Waals surface area contributed by atoms with Crippen LogP contribution in [-0.4, -0.2) is 61.4 Å². The van der Waals surface area contributed by atoms with Crippen molar-refractivity contribution in [3.63, 3.8) is 0 Å². The molecule has 1 fully saturated rings. The Hall–Kier alpha value is -1.88. The molecule has 1 heterocycles. The van der Waals surface area contributed by atoms with E-state index in [4.69, 9.17) is 0 Å². The average molecular weight is 289 g/mol. The molecule has 1 aromatic rings. The minimum Gasteiger partial charge on any atom is -0.343 e. The largest absolute Gasteiger partial charge is 0.343 e. The monoisotopic (exact) mass is 289 g/mol. The van der Waals surface area contributed by atoms with Gasteiger partial charge in [-0.3, -0.25) is 9.59 Å². The maximum absolute atomic E-state index is 12.2. The zero-order chi connectivity index (χ0) is 15.2. The summed E-state index contributed by atoms with van der Waals surface area (Å²) in [5, 5.41) is 2.69. The summed E-state index contributed by atoms with van der Waals surface area (Å²) in [4.78, 5) is 28.1. The van der Waals surface area contributed by atoms with E-state index >= 15 is 0 Å². The van der Waals surface area contributed by atoms with Gasteiger partial charge in [0.25, 0.3) is 5.91 Å². The number of rotatable bonds is 4. The van der Waals surface area contributed by atoms with Gasteiger partial charge in [-0.25, -0.2) is 0 Å². The Morgan fingerprint density at radius 2 is 1.86 bits per heavy atom. The summed E-state index contributed by atoms with van der Waals surface area (Å²) >= 11 is 0. The highest BCUT2D eigenvalue weighted by Crippen LogP contribution is 2.13. The van der Waals surface area contributed by atoms with Gasteiger partial charge in [0, 0.05) is 18.7 Å². The Morgan fingerprint density at radius 1 is 1.24 bits per heavy atom. The molecule has 0 spiro atoms. The van der Waals surface area contributed by atoms with Crippen molar-refractivity contribution in [2.24, 2.45) is 0 Å². The zero-order valence-electron chi connectivity index (χ0n) is 12.7. The number of amides is 2. The molecule has 21 heavy (non-hydrogen) atoms. The lowest BCUT2D eigenvalue weighted by Gasteiger charge is -2.35. The highest BCUT2D eigenvalue weighted by Gasteiger charge is 2.23. The fraction of sp³-hybridized carbons (Fsp3) is 0.500. The first-order valence-corrected chi connectivity index (χ1v) is 7.35. The number of piperidine rings is 1. The van der Waals surface area contributed by atoms with Crippen LogP contribution < -0.4 is 5.32 Å². The summed E-state index contributed by atoms with van der Waals surface area (Å²) < 4.78 is 0. The molecule has 0 bridgehead atoms. The number of likely N-dealkylation sites (N-methyl/N-ethyl adjacent to an activating group) is 1. The third kappa shape index (κ3) is 4.29. The zero-order valence-corrected chi connectivity index (χ0v) is 12.7. The summed E-state index contributed by atoms with van der Waals surface area (Å²) in [7, 11) is 3.92. The molecule has 0 saturated carbocycles. The van der Waals surface area contributed by atoms with Gasteiger partial charge in [-0.05, 0) is 45.1 Å². The van der Waals surface area contributed by atoms with Gasteiger partial charge in [-0.2, -0.15) is 0 Å². The summed E-state index contributed by atoms with van der Waals surface area (Å²) in [6.07, 6.45) is 1.98. The number of carbonyl (C=O) groups is 2. The third-order valence-corrected chi connectivity index (χ3v) is 4.07. The van der Waals surface area contributed by atoms with Crippen LogP contribution in [0, 0.1) is 0 Å². The number of benzene rings is 1. The Kier molecular flexibility index (Phi) is 5.33. The molecular weight excluding hydrogens is 266 g/mol. The van der Waals surface area contributed by atoms with E-state index in [0.29, 0.717) is 5.56 Å². The molecule has 0 radical (unpaired) electrons. The Balaban J connectivity index is 1.80. The van der Waals surface area contributed by atoms with Gasteiger partial charge in [0.05, 0.1) is 6.54 Å². The molecule has 5 nitrogen and oxygen atoms in total. The molecule has 1 aliphatic rings. The molecule has 0 aromatic heterocycles. The van der Waals surface area contributed by atoms with Gasteiger partial charge in [-0.15, -0.1) is 0 Å². The van der Waals surface area contributed by atoms with Crippen molar-refractivity contribution >= 4 is 11.8 Å². The predicted molar refractivity (Wildman–Crippen MR) is 82.1 cm³/mol. The van der Waals surface area contributed by atoms with E-state index in [-0.39, 0.29) is 24.4 Å². The molecule has 5 heteroatoms. The number of hydrogen-bond acceptors (Lipinski definition) is 3. The van der Waals surface area contributed by atoms with Crippen molar-refractivity contribution in [3.05, 3.63) is 35.9 Å². The molecule has 0 atom stereocenters. The van der Waals surface area contributed by atoms with Gasteiger partial charge >= 0.3 is 0 Å². The van der Waals surface area contributed by atoms with Gasteiger partial charge in [0.1, 0.15) is 0 Å². The van der Waals surface area contributed by atoms with E-state index < -0.39 is 0 Å². The predicted octanol–water partition coefficient (Wildman–Crippen LogP) is 0.969. The fourth-order valence-corrected chi connectivity index (χ4v) is 2.56. The summed E-state index contributed by atoms with van der Waals surface area (Å²) in [5.41, 5.74) is 0.576. The van der Waals surface area contributed by atoms with E-state index in [1.807, 2.05) is 13.1 Å². The van der Waals surface area contributed by atoms with Crippen molar-refractivity contribution in [2.75, 3.05) is 33.7 Å². The molecule has 0 unspecified atom stereocenters. The minimum atomic E-state index is -0.208. The Labute approximate surface area is 125 Å². The second-order valence-corrected chi connectivity index (χ2v) is 5.59.